The van der Waals surface area contributed by atoms with Gasteiger partial charge in [0.25, 0.3) is 0 Å². The highest BCUT2D eigenvalue weighted by molar-refractivity contribution is 7.99. The smallest absolute Gasteiger partial charge is 0.128 e. The lowest BCUT2D eigenvalue weighted by Crippen LogP contribution is -2.60. The third-order valence-electron chi connectivity index (χ3n) is 4.31. The molecule has 0 radical (unpaired) electrons. The Morgan fingerprint density at radius 1 is 1.07 bits per heavy atom. The molecule has 3 fully saturated rings. The van der Waals surface area contributed by atoms with E-state index >= 15 is 0 Å². The van der Waals surface area contributed by atoms with Gasteiger partial charge in [-0.2, -0.15) is 11.8 Å². The van der Waals surface area contributed by atoms with Crippen molar-refractivity contribution in [2.24, 2.45) is 5.41 Å². The summed E-state index contributed by atoms with van der Waals surface area (Å²) in [7, 11) is 0. The summed E-state index contributed by atoms with van der Waals surface area (Å²) in [6.45, 7) is 2.22. The molecule has 3 aliphatic rings. The van der Waals surface area contributed by atoms with E-state index in [-0.39, 0.29) is 5.72 Å². The lowest BCUT2D eigenvalue weighted by Gasteiger charge is -2.47. The van der Waals surface area contributed by atoms with Crippen LogP contribution < -0.4 is 5.32 Å². The van der Waals surface area contributed by atoms with Gasteiger partial charge in [0.1, 0.15) is 5.72 Å². The van der Waals surface area contributed by atoms with Crippen molar-refractivity contribution >= 4 is 11.8 Å². The summed E-state index contributed by atoms with van der Waals surface area (Å²) >= 11 is 2.04. The zero-order valence-corrected chi connectivity index (χ0v) is 10.2. The van der Waals surface area contributed by atoms with E-state index in [2.05, 4.69) is 5.32 Å². The van der Waals surface area contributed by atoms with Gasteiger partial charge in [0.2, 0.25) is 0 Å². The molecule has 2 saturated heterocycles. The Hall–Kier alpha value is 0.270. The van der Waals surface area contributed by atoms with Crippen LogP contribution in [0, 0.1) is 5.41 Å². The topological polar surface area (TPSA) is 21.3 Å². The molecular formula is C12H21NOS. The molecule has 0 aromatic carbocycles. The highest BCUT2D eigenvalue weighted by atomic mass is 32.2. The molecule has 0 aromatic rings. The van der Waals surface area contributed by atoms with Crippen molar-refractivity contribution in [1.29, 1.82) is 0 Å². The average Bonchev–Trinajstić information content (AvgIpc) is 2.74. The van der Waals surface area contributed by atoms with E-state index in [1.54, 1.807) is 0 Å². The van der Waals surface area contributed by atoms with Crippen molar-refractivity contribution in [3.8, 4) is 0 Å². The Morgan fingerprint density at radius 3 is 2.53 bits per heavy atom. The molecule has 15 heavy (non-hydrogen) atoms. The molecule has 1 N–H and O–H groups in total. The second-order valence-electron chi connectivity index (χ2n) is 5.50. The van der Waals surface area contributed by atoms with Crippen molar-refractivity contribution in [2.45, 2.75) is 44.2 Å². The molecule has 2 heterocycles. The van der Waals surface area contributed by atoms with Gasteiger partial charge in [-0.25, -0.2) is 0 Å². The molecule has 0 aromatic heterocycles. The lowest BCUT2D eigenvalue weighted by molar-refractivity contribution is -0.135. The minimum Gasteiger partial charge on any atom is -0.359 e. The van der Waals surface area contributed by atoms with E-state index in [4.69, 9.17) is 4.74 Å². The van der Waals surface area contributed by atoms with Crippen LogP contribution in [0.5, 0.6) is 0 Å². The molecule has 0 amide bonds. The standard InChI is InChI=1S/C12H21NOS/c1-2-5-11(4-1)8-13-12(14-9-11)6-3-7-15-10-12/h13H,1-10H2. The SMILES string of the molecule is C1CCC2(C1)CNC1(CCCSC1)OC2. The van der Waals surface area contributed by atoms with Crippen LogP contribution in [0.1, 0.15) is 38.5 Å². The second-order valence-corrected chi connectivity index (χ2v) is 6.60. The first-order valence-corrected chi connectivity index (χ1v) is 7.45. The van der Waals surface area contributed by atoms with Gasteiger partial charge in [0.05, 0.1) is 6.61 Å². The van der Waals surface area contributed by atoms with Crippen molar-refractivity contribution in [3.63, 3.8) is 0 Å². The van der Waals surface area contributed by atoms with Gasteiger partial charge in [-0.15, -0.1) is 0 Å². The highest BCUT2D eigenvalue weighted by Crippen LogP contribution is 2.43. The van der Waals surface area contributed by atoms with E-state index in [1.807, 2.05) is 11.8 Å². The Balaban J connectivity index is 1.63. The Morgan fingerprint density at radius 2 is 1.93 bits per heavy atom. The average molecular weight is 227 g/mol. The van der Waals surface area contributed by atoms with E-state index < -0.39 is 0 Å². The second kappa shape index (κ2) is 3.94. The van der Waals surface area contributed by atoms with Crippen LogP contribution in [-0.4, -0.2) is 30.4 Å². The molecule has 2 spiro atoms. The van der Waals surface area contributed by atoms with Gasteiger partial charge in [-0.3, -0.25) is 5.32 Å². The third kappa shape index (κ3) is 1.94. The number of hydrogen-bond donors (Lipinski definition) is 1. The highest BCUT2D eigenvalue weighted by Gasteiger charge is 2.45. The van der Waals surface area contributed by atoms with E-state index in [1.165, 1.54) is 50.8 Å². The van der Waals surface area contributed by atoms with Crippen LogP contribution in [0.25, 0.3) is 0 Å². The molecule has 2 nitrogen and oxygen atoms in total. The molecular weight excluding hydrogens is 206 g/mol. The molecule has 3 rings (SSSR count). The monoisotopic (exact) mass is 227 g/mol. The first-order valence-electron chi connectivity index (χ1n) is 6.30. The Bertz CT molecular complexity index is 220. The number of nitrogens with one attached hydrogen (secondary N) is 1. The molecule has 1 saturated carbocycles. The summed E-state index contributed by atoms with van der Waals surface area (Å²) in [6, 6.07) is 0. The maximum Gasteiger partial charge on any atom is 0.128 e. The van der Waals surface area contributed by atoms with Gasteiger partial charge < -0.3 is 4.74 Å². The summed E-state index contributed by atoms with van der Waals surface area (Å²) in [5, 5.41) is 3.72. The minimum absolute atomic E-state index is 0.0523. The summed E-state index contributed by atoms with van der Waals surface area (Å²) in [5.41, 5.74) is 0.560. The van der Waals surface area contributed by atoms with Crippen LogP contribution in [0.15, 0.2) is 0 Å². The molecule has 1 atom stereocenters. The number of rotatable bonds is 0. The van der Waals surface area contributed by atoms with Crippen LogP contribution in [-0.2, 0) is 4.74 Å². The predicted molar refractivity (Wildman–Crippen MR) is 64.1 cm³/mol. The fourth-order valence-corrected chi connectivity index (χ4v) is 4.36. The summed E-state index contributed by atoms with van der Waals surface area (Å²) in [5.74, 6) is 2.47. The van der Waals surface area contributed by atoms with E-state index in [0.29, 0.717) is 5.41 Å². The summed E-state index contributed by atoms with van der Waals surface area (Å²) in [6.07, 6.45) is 8.10. The zero-order valence-electron chi connectivity index (χ0n) is 9.39. The Labute approximate surface area is 96.5 Å². The van der Waals surface area contributed by atoms with Gasteiger partial charge in [-0.05, 0) is 31.4 Å². The van der Waals surface area contributed by atoms with Crippen molar-refractivity contribution in [3.05, 3.63) is 0 Å². The maximum atomic E-state index is 6.21. The van der Waals surface area contributed by atoms with Crippen LogP contribution in [0.2, 0.25) is 0 Å². The minimum atomic E-state index is 0.0523. The quantitative estimate of drug-likeness (QED) is 0.686. The largest absolute Gasteiger partial charge is 0.359 e. The maximum absolute atomic E-state index is 6.21. The van der Waals surface area contributed by atoms with Gasteiger partial charge in [0, 0.05) is 17.7 Å². The predicted octanol–water partition coefficient (Wildman–Crippen LogP) is 2.39. The first kappa shape index (κ1) is 10.4. The third-order valence-corrected chi connectivity index (χ3v) is 5.56. The van der Waals surface area contributed by atoms with Crippen molar-refractivity contribution in [1.82, 2.24) is 5.32 Å². The summed E-state index contributed by atoms with van der Waals surface area (Å²) in [4.78, 5) is 0. The van der Waals surface area contributed by atoms with Gasteiger partial charge >= 0.3 is 0 Å². The van der Waals surface area contributed by atoms with E-state index in [9.17, 15) is 0 Å². The van der Waals surface area contributed by atoms with Crippen LogP contribution in [0.4, 0.5) is 0 Å². The van der Waals surface area contributed by atoms with Crippen LogP contribution >= 0.6 is 11.8 Å². The number of hydrogen-bond acceptors (Lipinski definition) is 3. The van der Waals surface area contributed by atoms with Gasteiger partial charge in [-0.1, -0.05) is 12.8 Å². The van der Waals surface area contributed by atoms with Gasteiger partial charge in [0.15, 0.2) is 0 Å². The fraction of sp³-hybridized carbons (Fsp3) is 1.00. The van der Waals surface area contributed by atoms with Crippen LogP contribution in [0.3, 0.4) is 0 Å². The Kier molecular flexibility index (Phi) is 2.74. The molecule has 1 aliphatic carbocycles. The normalized spacial score (nSPS) is 40.0. The molecule has 1 unspecified atom stereocenters. The number of ether oxygens (including phenoxy) is 1. The number of thioether (sulfide) groups is 1. The van der Waals surface area contributed by atoms with E-state index in [0.717, 1.165) is 12.4 Å². The zero-order chi connectivity index (χ0) is 10.2. The summed E-state index contributed by atoms with van der Waals surface area (Å²) < 4.78 is 6.21. The molecule has 0 bridgehead atoms. The first-order chi connectivity index (χ1) is 7.33. The molecule has 2 aliphatic heterocycles. The molecule has 86 valence electrons. The fourth-order valence-electron chi connectivity index (χ4n) is 3.21. The van der Waals surface area contributed by atoms with Crippen molar-refractivity contribution in [2.75, 3.05) is 24.7 Å². The van der Waals surface area contributed by atoms with Crippen molar-refractivity contribution < 1.29 is 4.74 Å². The lowest BCUT2D eigenvalue weighted by atomic mass is 9.85. The molecule has 3 heteroatoms.